The van der Waals surface area contributed by atoms with E-state index in [9.17, 15) is 43.2 Å². The van der Waals surface area contributed by atoms with Crippen molar-refractivity contribution in [3.63, 3.8) is 0 Å². The molecule has 98 heavy (non-hydrogen) atoms. The van der Waals surface area contributed by atoms with Crippen molar-refractivity contribution in [3.8, 4) is 0 Å². The SMILES string of the molecule is CCC(C)CCCCCCCCCCCCC(=O)O[C@H](COC(=O)CCCCCCCCCCCCCCC(C)C)COP(=O)(O)OCC(O)COP(=O)(O)OC[C@@H](COC(=O)CCCCCCCCCC(C)C)OC(=O)CCCCCCCCCCCCCCCCCCC(C)C. The maximum Gasteiger partial charge on any atom is 0.472 e. The summed E-state index contributed by atoms with van der Waals surface area (Å²) in [5.41, 5.74) is 0. The van der Waals surface area contributed by atoms with Gasteiger partial charge in [0.2, 0.25) is 0 Å². The lowest BCUT2D eigenvalue weighted by Crippen LogP contribution is -2.30. The van der Waals surface area contributed by atoms with Crippen LogP contribution in [0.4, 0.5) is 0 Å². The Morgan fingerprint density at radius 3 is 0.724 bits per heavy atom. The molecule has 0 heterocycles. The Morgan fingerprint density at radius 1 is 0.286 bits per heavy atom. The van der Waals surface area contributed by atoms with Crippen molar-refractivity contribution in [1.29, 1.82) is 0 Å². The molecule has 0 aromatic rings. The zero-order valence-electron chi connectivity index (χ0n) is 64.4. The molecule has 0 aliphatic rings. The second kappa shape index (κ2) is 68.2. The highest BCUT2D eigenvalue weighted by molar-refractivity contribution is 7.47. The van der Waals surface area contributed by atoms with E-state index in [-0.39, 0.29) is 25.7 Å². The van der Waals surface area contributed by atoms with Gasteiger partial charge < -0.3 is 33.8 Å². The number of ether oxygens (including phenoxy) is 4. The standard InChI is InChI=1S/C79H154O17P2/c1-9-72(8)58-50-42-34-26-22-23-29-37-46-54-62-79(84)95-74(65-89-76(81)59-51-43-35-27-20-17-16-19-25-32-40-48-56-70(4)5)67-93-97(85,86)91-63-73(80)64-92-98(87,88)94-68-75(66-90-77(82)60-52-44-38-30-33-41-49-57-71(6)7)96-78(83)61-53-45-36-28-21-15-13-11-10-12-14-18-24-31-39-47-55-69(2)3/h69-75,80H,9-68H2,1-8H3,(H,85,86)(H,87,88)/t72?,73?,74-,75-/m1/s1. The van der Waals surface area contributed by atoms with E-state index in [0.717, 1.165) is 114 Å². The van der Waals surface area contributed by atoms with Crippen molar-refractivity contribution in [2.45, 2.75) is 420 Å². The minimum absolute atomic E-state index is 0.106. The molecule has 0 saturated carbocycles. The third kappa shape index (κ3) is 71.1. The molecule has 0 aromatic carbocycles. The average molecular weight is 1440 g/mol. The van der Waals surface area contributed by atoms with Gasteiger partial charge in [-0.15, -0.1) is 0 Å². The van der Waals surface area contributed by atoms with E-state index in [4.69, 9.17) is 37.0 Å². The van der Waals surface area contributed by atoms with Crippen LogP contribution in [0.5, 0.6) is 0 Å². The quantitative estimate of drug-likeness (QED) is 0.0222. The zero-order chi connectivity index (χ0) is 72.4. The van der Waals surface area contributed by atoms with Crippen LogP contribution in [-0.4, -0.2) is 96.7 Å². The van der Waals surface area contributed by atoms with Crippen LogP contribution in [0.25, 0.3) is 0 Å². The first kappa shape index (κ1) is 96.1. The van der Waals surface area contributed by atoms with Gasteiger partial charge >= 0.3 is 39.5 Å². The van der Waals surface area contributed by atoms with E-state index >= 15 is 0 Å². The second-order valence-electron chi connectivity index (χ2n) is 30.1. The first-order valence-corrected chi connectivity index (χ1v) is 43.7. The number of hydrogen-bond acceptors (Lipinski definition) is 15. The van der Waals surface area contributed by atoms with Gasteiger partial charge in [-0.05, 0) is 49.4 Å². The van der Waals surface area contributed by atoms with Crippen molar-refractivity contribution in [1.82, 2.24) is 0 Å². The number of aliphatic hydroxyl groups excluding tert-OH is 1. The molecule has 582 valence electrons. The second-order valence-corrected chi connectivity index (χ2v) is 33.0. The molecule has 19 heteroatoms. The van der Waals surface area contributed by atoms with E-state index in [2.05, 4.69) is 55.4 Å². The van der Waals surface area contributed by atoms with Crippen LogP contribution in [0.15, 0.2) is 0 Å². The largest absolute Gasteiger partial charge is 0.472 e. The number of aliphatic hydroxyl groups is 1. The number of phosphoric ester groups is 2. The molecule has 0 aliphatic heterocycles. The molecule has 0 aromatic heterocycles. The number of hydrogen-bond donors (Lipinski definition) is 3. The average Bonchev–Trinajstić information content (AvgIpc) is 1.02. The number of esters is 4. The molecule has 0 fully saturated rings. The van der Waals surface area contributed by atoms with E-state index in [1.807, 2.05) is 0 Å². The fraction of sp³-hybridized carbons (Fsp3) is 0.949. The van der Waals surface area contributed by atoms with Crippen LogP contribution >= 0.6 is 15.6 Å². The third-order valence-electron chi connectivity index (χ3n) is 18.7. The third-order valence-corrected chi connectivity index (χ3v) is 20.6. The molecule has 4 unspecified atom stereocenters. The summed E-state index contributed by atoms with van der Waals surface area (Å²) in [6, 6.07) is 0. The maximum absolute atomic E-state index is 13.1. The van der Waals surface area contributed by atoms with Crippen molar-refractivity contribution >= 4 is 39.5 Å². The first-order chi connectivity index (χ1) is 47.1. The normalized spacial score (nSPS) is 14.3. The molecule has 0 aliphatic carbocycles. The van der Waals surface area contributed by atoms with Crippen molar-refractivity contribution in [3.05, 3.63) is 0 Å². The van der Waals surface area contributed by atoms with Crippen LogP contribution in [0, 0.1) is 23.7 Å². The van der Waals surface area contributed by atoms with Gasteiger partial charge in [0, 0.05) is 25.7 Å². The number of carbonyl (C=O) groups excluding carboxylic acids is 4. The molecular weight excluding hydrogens is 1280 g/mol. The monoisotopic (exact) mass is 1440 g/mol. The number of phosphoric acid groups is 2. The van der Waals surface area contributed by atoms with Gasteiger partial charge in [0.25, 0.3) is 0 Å². The highest BCUT2D eigenvalue weighted by atomic mass is 31.2. The summed E-state index contributed by atoms with van der Waals surface area (Å²) < 4.78 is 68.6. The van der Waals surface area contributed by atoms with Crippen LogP contribution in [0.3, 0.4) is 0 Å². The first-order valence-electron chi connectivity index (χ1n) is 40.7. The van der Waals surface area contributed by atoms with Gasteiger partial charge in [-0.2, -0.15) is 0 Å². The lowest BCUT2D eigenvalue weighted by atomic mass is 9.99. The summed E-state index contributed by atoms with van der Waals surface area (Å²) in [5, 5.41) is 10.6. The van der Waals surface area contributed by atoms with Crippen LogP contribution in [0.1, 0.15) is 402 Å². The number of carbonyl (C=O) groups is 4. The van der Waals surface area contributed by atoms with Gasteiger partial charge in [-0.3, -0.25) is 37.3 Å². The van der Waals surface area contributed by atoms with Gasteiger partial charge in [0.1, 0.15) is 19.3 Å². The van der Waals surface area contributed by atoms with Crippen molar-refractivity contribution in [2.24, 2.45) is 23.7 Å². The fourth-order valence-corrected chi connectivity index (χ4v) is 13.6. The van der Waals surface area contributed by atoms with Crippen molar-refractivity contribution in [2.75, 3.05) is 39.6 Å². The van der Waals surface area contributed by atoms with Gasteiger partial charge in [0.15, 0.2) is 12.2 Å². The molecule has 0 spiro atoms. The Hall–Kier alpha value is -1.94. The Kier molecular flexibility index (Phi) is 66.8. The zero-order valence-corrected chi connectivity index (χ0v) is 66.2. The van der Waals surface area contributed by atoms with Crippen LogP contribution in [-0.2, 0) is 65.4 Å². The molecule has 3 N–H and O–H groups in total. The minimum atomic E-state index is -4.96. The molecule has 0 radical (unpaired) electrons. The summed E-state index contributed by atoms with van der Waals surface area (Å²) in [6.45, 7) is 14.2. The fourth-order valence-electron chi connectivity index (χ4n) is 12.0. The molecule has 17 nitrogen and oxygen atoms in total. The predicted molar refractivity (Wildman–Crippen MR) is 400 cm³/mol. The Balaban J connectivity index is 5.23. The molecule has 0 amide bonds. The molecule has 6 atom stereocenters. The highest BCUT2D eigenvalue weighted by Crippen LogP contribution is 2.45. The van der Waals surface area contributed by atoms with E-state index in [1.165, 1.54) is 199 Å². The van der Waals surface area contributed by atoms with Crippen LogP contribution in [0.2, 0.25) is 0 Å². The maximum atomic E-state index is 13.1. The van der Waals surface area contributed by atoms with Crippen molar-refractivity contribution < 1.29 is 80.2 Å². The highest BCUT2D eigenvalue weighted by Gasteiger charge is 2.30. The smallest absolute Gasteiger partial charge is 0.462 e. The van der Waals surface area contributed by atoms with Gasteiger partial charge in [-0.25, -0.2) is 9.13 Å². The molecule has 0 bridgehead atoms. The van der Waals surface area contributed by atoms with E-state index < -0.39 is 97.5 Å². The Labute approximate surface area is 600 Å². The summed E-state index contributed by atoms with van der Waals surface area (Å²) in [7, 11) is -9.92. The molecule has 0 saturated heterocycles. The van der Waals surface area contributed by atoms with E-state index in [0.29, 0.717) is 31.6 Å². The molecule has 0 rings (SSSR count). The Bertz CT molecular complexity index is 1920. The lowest BCUT2D eigenvalue weighted by Gasteiger charge is -2.21. The predicted octanol–water partition coefficient (Wildman–Crippen LogP) is 23.2. The number of unbranched alkanes of at least 4 members (excludes halogenated alkanes) is 41. The van der Waals surface area contributed by atoms with Crippen LogP contribution < -0.4 is 0 Å². The van der Waals surface area contributed by atoms with E-state index in [1.54, 1.807) is 0 Å². The minimum Gasteiger partial charge on any atom is -0.462 e. The summed E-state index contributed by atoms with van der Waals surface area (Å²) in [4.78, 5) is 72.9. The van der Waals surface area contributed by atoms with Gasteiger partial charge in [0.05, 0.1) is 26.4 Å². The summed E-state index contributed by atoms with van der Waals surface area (Å²) >= 11 is 0. The van der Waals surface area contributed by atoms with Gasteiger partial charge in [-0.1, -0.05) is 351 Å². The molecular formula is C79H154O17P2. The summed E-state index contributed by atoms with van der Waals surface area (Å²) in [5.74, 6) is 0.982. The topological polar surface area (TPSA) is 237 Å². The summed E-state index contributed by atoms with van der Waals surface area (Å²) in [6.07, 6.45) is 54.1. The number of rotatable bonds is 76. The Morgan fingerprint density at radius 2 is 0.490 bits per heavy atom. The lowest BCUT2D eigenvalue weighted by molar-refractivity contribution is -0.161.